The second-order valence-electron chi connectivity index (χ2n) is 15.5. The zero-order valence-electron chi connectivity index (χ0n) is 30.1. The summed E-state index contributed by atoms with van der Waals surface area (Å²) < 4.78 is 13.0. The van der Waals surface area contributed by atoms with E-state index in [1.54, 1.807) is 29.0 Å². The number of fused-ring (bicyclic) bond motifs is 1. The Morgan fingerprint density at radius 2 is 1.82 bits per heavy atom. The molecule has 3 fully saturated rings. The molecule has 2 bridgehead atoms. The van der Waals surface area contributed by atoms with E-state index >= 15 is 0 Å². The molecule has 8 atom stereocenters. The number of aliphatic hydroxyl groups excluding tert-OH is 1. The van der Waals surface area contributed by atoms with Gasteiger partial charge in [-0.3, -0.25) is 19.2 Å². The minimum absolute atomic E-state index is 0.0842. The largest absolute Gasteiger partial charge is 0.455 e. The van der Waals surface area contributed by atoms with Gasteiger partial charge < -0.3 is 29.3 Å². The van der Waals surface area contributed by atoms with E-state index in [-0.39, 0.29) is 48.2 Å². The molecule has 0 aromatic heterocycles. The van der Waals surface area contributed by atoms with Crippen molar-refractivity contribution < 1.29 is 33.8 Å². The molecule has 49 heavy (non-hydrogen) atoms. The molecule has 1 aromatic rings. The van der Waals surface area contributed by atoms with Crippen LogP contribution < -0.4 is 0 Å². The van der Waals surface area contributed by atoms with E-state index in [1.165, 1.54) is 4.90 Å². The van der Waals surface area contributed by atoms with Crippen LogP contribution in [0.1, 0.15) is 78.9 Å². The summed E-state index contributed by atoms with van der Waals surface area (Å²) in [7, 11) is 1.68. The van der Waals surface area contributed by atoms with Gasteiger partial charge in [0.25, 0.3) is 0 Å². The predicted octanol–water partition coefficient (Wildman–Crippen LogP) is 5.05. The lowest BCUT2D eigenvalue weighted by atomic mass is 9.70. The highest BCUT2D eigenvalue weighted by atomic mass is 79.9. The number of ether oxygens (including phenoxy) is 2. The zero-order chi connectivity index (χ0) is 36.5. The zero-order valence-corrected chi connectivity index (χ0v) is 31.6. The second-order valence-corrected chi connectivity index (χ2v) is 16.7. The molecule has 1 N–H and O–H groups in total. The van der Waals surface area contributed by atoms with Crippen molar-refractivity contribution in [3.8, 4) is 0 Å². The van der Waals surface area contributed by atoms with Crippen LogP contribution in [0.5, 0.6) is 0 Å². The van der Waals surface area contributed by atoms with E-state index in [0.717, 1.165) is 0 Å². The molecular weight excluding hydrogens is 690 g/mol. The maximum atomic E-state index is 14.8. The first-order valence-electron chi connectivity index (χ1n) is 17.2. The number of nitrogens with zero attached hydrogens (tertiary/aromatic N) is 3. The smallest absolute Gasteiger partial charge is 0.313 e. The highest BCUT2D eigenvalue weighted by Gasteiger charge is 2.77. The minimum atomic E-state index is -1.31. The van der Waals surface area contributed by atoms with Crippen LogP contribution in [0.3, 0.4) is 0 Å². The summed E-state index contributed by atoms with van der Waals surface area (Å²) in [5, 5.41) is 10.1. The third-order valence-corrected chi connectivity index (χ3v) is 11.1. The number of carbonyl (C=O) groups excluding carboxylic acids is 4. The van der Waals surface area contributed by atoms with Crippen molar-refractivity contribution in [1.82, 2.24) is 14.7 Å². The fourth-order valence-electron chi connectivity index (χ4n) is 8.46. The molecule has 1 spiro atoms. The summed E-state index contributed by atoms with van der Waals surface area (Å²) in [5.41, 5.74) is -1.32. The van der Waals surface area contributed by atoms with Gasteiger partial charge in [0.2, 0.25) is 17.7 Å². The van der Waals surface area contributed by atoms with Crippen LogP contribution in [0.25, 0.3) is 0 Å². The van der Waals surface area contributed by atoms with E-state index in [0.29, 0.717) is 24.8 Å². The lowest BCUT2D eigenvalue weighted by molar-refractivity contribution is -0.164. The van der Waals surface area contributed by atoms with Gasteiger partial charge in [-0.25, -0.2) is 0 Å². The van der Waals surface area contributed by atoms with Crippen LogP contribution >= 0.6 is 15.9 Å². The average molecular weight is 745 g/mol. The molecule has 3 aliphatic heterocycles. The summed E-state index contributed by atoms with van der Waals surface area (Å²) in [6.07, 6.45) is 3.61. The van der Waals surface area contributed by atoms with Crippen molar-refractivity contribution in [2.24, 2.45) is 17.3 Å². The number of aliphatic hydroxyl groups is 1. The van der Waals surface area contributed by atoms with Gasteiger partial charge >= 0.3 is 5.97 Å². The highest BCUT2D eigenvalue weighted by molar-refractivity contribution is 9.09. The van der Waals surface area contributed by atoms with E-state index < -0.39 is 59.1 Å². The Kier molecular flexibility index (Phi) is 11.9. The number of halogens is 1. The third kappa shape index (κ3) is 7.54. The molecule has 3 heterocycles. The number of likely N-dealkylation sites (tertiary alicyclic amines) is 1. The Bertz CT molecular complexity index is 1410. The summed E-state index contributed by atoms with van der Waals surface area (Å²) in [5.74, 6) is -3.46. The third-order valence-electron chi connectivity index (χ3n) is 10.3. The Hall–Kier alpha value is -3.02. The summed E-state index contributed by atoms with van der Waals surface area (Å²) >= 11 is 3.73. The van der Waals surface area contributed by atoms with Crippen LogP contribution in [-0.4, -0.2) is 104 Å². The second kappa shape index (κ2) is 15.1. The normalized spacial score (nSPS) is 27.3. The first-order valence-corrected chi connectivity index (χ1v) is 18.1. The number of β-amino-alcohol motifs (C(OH)–C–C–N with tert-alkyl or cyclic N) is 1. The fourth-order valence-corrected chi connectivity index (χ4v) is 9.40. The molecule has 0 saturated carbocycles. The molecule has 0 radical (unpaired) electrons. The Morgan fingerprint density at radius 3 is 2.39 bits per heavy atom. The van der Waals surface area contributed by atoms with Crippen molar-refractivity contribution in [2.45, 2.75) is 107 Å². The lowest BCUT2D eigenvalue weighted by Gasteiger charge is -2.45. The lowest BCUT2D eigenvalue weighted by Crippen LogP contribution is -2.61. The number of allylic oxidation sites excluding steroid dienone is 1. The number of benzene rings is 1. The van der Waals surface area contributed by atoms with Gasteiger partial charge in [0, 0.05) is 36.9 Å². The van der Waals surface area contributed by atoms with Crippen LogP contribution in [0.2, 0.25) is 0 Å². The van der Waals surface area contributed by atoms with Crippen LogP contribution in [0.4, 0.5) is 0 Å². The monoisotopic (exact) mass is 743 g/mol. The Labute approximate surface area is 300 Å². The van der Waals surface area contributed by atoms with Crippen molar-refractivity contribution in [2.75, 3.05) is 26.7 Å². The highest BCUT2D eigenvalue weighted by Crippen LogP contribution is 2.60. The van der Waals surface area contributed by atoms with Crippen LogP contribution in [0.15, 0.2) is 55.6 Å². The van der Waals surface area contributed by atoms with Crippen molar-refractivity contribution >= 4 is 39.6 Å². The summed E-state index contributed by atoms with van der Waals surface area (Å²) in [4.78, 5) is 61.1. The molecule has 270 valence electrons. The van der Waals surface area contributed by atoms with Crippen molar-refractivity contribution in [1.29, 1.82) is 0 Å². The van der Waals surface area contributed by atoms with Crippen LogP contribution in [0, 0.1) is 17.3 Å². The number of rotatable bonds is 15. The van der Waals surface area contributed by atoms with Gasteiger partial charge in [0.1, 0.15) is 17.7 Å². The number of hydrogen-bond acceptors (Lipinski definition) is 7. The number of carbonyl (C=O) groups is 4. The first-order chi connectivity index (χ1) is 23.0. The summed E-state index contributed by atoms with van der Waals surface area (Å²) in [6, 6.07) is 7.63. The van der Waals surface area contributed by atoms with Crippen molar-refractivity contribution in [3.63, 3.8) is 0 Å². The molecule has 1 unspecified atom stereocenters. The topological polar surface area (TPSA) is 117 Å². The van der Waals surface area contributed by atoms with E-state index in [9.17, 15) is 24.3 Å². The van der Waals surface area contributed by atoms with E-state index in [4.69, 9.17) is 9.47 Å². The van der Waals surface area contributed by atoms with Gasteiger partial charge in [-0.05, 0) is 51.0 Å². The standard InChI is InChI=1S/C38H54BrN3O7/c1-10-12-18-27(44)40(9)24(3)30(25-16-14-13-15-17-25)48-35(47)28-29-33(45)41(20-21-43)32(38(29)22-26(39)31(28)49-38)34(46)42(19-11-2)37(7,8)23-36(4,5)6/h10-11,13-17,24,26,28-32,43H,1-2,12,18-23H2,3-9H3/t24-,26?,28+,29-,30+,31+,32+,38-/m0/s1. The first kappa shape index (κ1) is 38.8. The van der Waals surface area contributed by atoms with Crippen molar-refractivity contribution in [3.05, 3.63) is 61.2 Å². The molecule has 11 heteroatoms. The quantitative estimate of drug-likeness (QED) is 0.152. The molecule has 10 nitrogen and oxygen atoms in total. The van der Waals surface area contributed by atoms with Gasteiger partial charge in [0.05, 0.1) is 30.6 Å². The van der Waals surface area contributed by atoms with Gasteiger partial charge in [-0.2, -0.15) is 0 Å². The van der Waals surface area contributed by atoms with Gasteiger partial charge in [0.15, 0.2) is 0 Å². The predicted molar refractivity (Wildman–Crippen MR) is 192 cm³/mol. The SMILES string of the molecule is C=CCCC(=O)N(C)[C@@H](C)[C@@H](OC(=O)[C@H]1[C@@H]2O[C@@]3(CC2Br)[C@@H]1C(=O)N(CCO)[C@@H]3C(=O)N(CC=C)C(C)(C)CC(C)(C)C)c1ccccc1. The van der Waals surface area contributed by atoms with Crippen LogP contribution in [-0.2, 0) is 28.7 Å². The molecule has 0 aliphatic carbocycles. The molecule has 1 aromatic carbocycles. The minimum Gasteiger partial charge on any atom is -0.455 e. The molecule has 3 aliphatic rings. The number of amides is 3. The maximum Gasteiger partial charge on any atom is 0.313 e. The number of esters is 1. The van der Waals surface area contributed by atoms with E-state index in [1.807, 2.05) is 51.1 Å². The molecule has 3 saturated heterocycles. The molecule has 4 rings (SSSR count). The summed E-state index contributed by atoms with van der Waals surface area (Å²) in [6.45, 7) is 19.6. The number of hydrogen-bond donors (Lipinski definition) is 1. The number of alkyl halides is 1. The number of likely N-dealkylation sites (N-methyl/N-ethyl adjacent to an activating group) is 1. The fraction of sp³-hybridized carbons (Fsp3) is 0.632. The Balaban J connectivity index is 1.72. The van der Waals surface area contributed by atoms with Gasteiger partial charge in [-0.15, -0.1) is 13.2 Å². The van der Waals surface area contributed by atoms with E-state index in [2.05, 4.69) is 49.9 Å². The molecule has 3 amide bonds. The average Bonchev–Trinajstić information content (AvgIpc) is 3.62. The maximum absolute atomic E-state index is 14.8. The molecular formula is C38H54BrN3O7. The Morgan fingerprint density at radius 1 is 1.16 bits per heavy atom. The van der Waals surface area contributed by atoms with Gasteiger partial charge in [-0.1, -0.05) is 79.2 Å².